The molecule has 1 rings (SSSR count). The molecule has 3 nitrogen and oxygen atoms in total. The lowest BCUT2D eigenvalue weighted by Crippen LogP contribution is -2.35. The Kier molecular flexibility index (Phi) is 4.85. The van der Waals surface area contributed by atoms with Gasteiger partial charge in [-0.05, 0) is 35.8 Å². The van der Waals surface area contributed by atoms with Crippen LogP contribution < -0.4 is 0 Å². The van der Waals surface area contributed by atoms with Crippen LogP contribution in [0.3, 0.4) is 0 Å². The highest BCUT2D eigenvalue weighted by Crippen LogP contribution is 2.33. The molecule has 0 N–H and O–H groups in total. The standard InChI is InChI=1S/C13H13BrFNO2/c1-3-18-12(17)13(2,7-8-16)9-5-4-6-10(14)11(9)15/h4-6H,3,7H2,1-2H3. The van der Waals surface area contributed by atoms with Crippen molar-refractivity contribution in [2.75, 3.05) is 6.61 Å². The summed E-state index contributed by atoms with van der Waals surface area (Å²) in [5.74, 6) is -1.13. The molecule has 1 aromatic carbocycles. The fourth-order valence-electron chi connectivity index (χ4n) is 1.66. The summed E-state index contributed by atoms with van der Waals surface area (Å²) < 4.78 is 19.3. The van der Waals surface area contributed by atoms with E-state index in [1.54, 1.807) is 13.0 Å². The third-order valence-electron chi connectivity index (χ3n) is 2.70. The van der Waals surface area contributed by atoms with E-state index in [4.69, 9.17) is 10.00 Å². The number of esters is 1. The van der Waals surface area contributed by atoms with E-state index in [1.807, 2.05) is 6.07 Å². The number of hydrogen-bond acceptors (Lipinski definition) is 3. The smallest absolute Gasteiger partial charge is 0.317 e. The van der Waals surface area contributed by atoms with Crippen molar-refractivity contribution < 1.29 is 13.9 Å². The summed E-state index contributed by atoms with van der Waals surface area (Å²) >= 11 is 3.07. The Morgan fingerprint density at radius 3 is 2.83 bits per heavy atom. The monoisotopic (exact) mass is 313 g/mol. The van der Waals surface area contributed by atoms with Crippen LogP contribution in [0.2, 0.25) is 0 Å². The van der Waals surface area contributed by atoms with Crippen LogP contribution in [0, 0.1) is 17.1 Å². The Hall–Kier alpha value is -1.41. The van der Waals surface area contributed by atoms with Crippen LogP contribution in [0.25, 0.3) is 0 Å². The Morgan fingerprint density at radius 1 is 1.61 bits per heavy atom. The predicted octanol–water partition coefficient (Wildman–Crippen LogP) is 3.32. The van der Waals surface area contributed by atoms with Crippen LogP contribution in [0.1, 0.15) is 25.8 Å². The van der Waals surface area contributed by atoms with Crippen molar-refractivity contribution in [1.29, 1.82) is 5.26 Å². The van der Waals surface area contributed by atoms with Crippen molar-refractivity contribution in [3.05, 3.63) is 34.1 Å². The van der Waals surface area contributed by atoms with Gasteiger partial charge in [-0.2, -0.15) is 5.26 Å². The van der Waals surface area contributed by atoms with E-state index in [1.165, 1.54) is 19.1 Å². The molecule has 18 heavy (non-hydrogen) atoms. The molecule has 0 aliphatic heterocycles. The molecule has 0 aromatic heterocycles. The van der Waals surface area contributed by atoms with Gasteiger partial charge in [0.05, 0.1) is 23.6 Å². The molecule has 0 bridgehead atoms. The van der Waals surface area contributed by atoms with E-state index in [2.05, 4.69) is 15.9 Å². The van der Waals surface area contributed by atoms with Gasteiger partial charge in [0.25, 0.3) is 0 Å². The summed E-state index contributed by atoms with van der Waals surface area (Å²) in [5.41, 5.74) is -1.13. The van der Waals surface area contributed by atoms with Crippen LogP contribution in [0.5, 0.6) is 0 Å². The molecular formula is C13H13BrFNO2. The number of benzene rings is 1. The minimum atomic E-state index is -1.29. The zero-order valence-electron chi connectivity index (χ0n) is 10.2. The number of nitrogens with zero attached hydrogens (tertiary/aromatic N) is 1. The largest absolute Gasteiger partial charge is 0.465 e. The zero-order chi connectivity index (χ0) is 13.8. The highest BCUT2D eigenvalue weighted by molar-refractivity contribution is 9.10. The summed E-state index contributed by atoms with van der Waals surface area (Å²) in [5, 5.41) is 8.85. The Balaban J connectivity index is 3.32. The maximum atomic E-state index is 14.1. The summed E-state index contributed by atoms with van der Waals surface area (Å²) in [7, 11) is 0. The van der Waals surface area contributed by atoms with Gasteiger partial charge in [-0.25, -0.2) is 4.39 Å². The number of halogens is 2. The lowest BCUT2D eigenvalue weighted by Gasteiger charge is -2.25. The van der Waals surface area contributed by atoms with Crippen LogP contribution in [-0.4, -0.2) is 12.6 Å². The van der Waals surface area contributed by atoms with Crippen molar-refractivity contribution in [2.45, 2.75) is 25.7 Å². The van der Waals surface area contributed by atoms with E-state index < -0.39 is 17.2 Å². The quantitative estimate of drug-likeness (QED) is 0.801. The minimum absolute atomic E-state index is 0.140. The lowest BCUT2D eigenvalue weighted by molar-refractivity contribution is -0.149. The molecule has 0 saturated heterocycles. The third-order valence-corrected chi connectivity index (χ3v) is 3.32. The molecule has 0 radical (unpaired) electrons. The maximum absolute atomic E-state index is 14.1. The highest BCUT2D eigenvalue weighted by Gasteiger charge is 2.39. The first-order chi connectivity index (χ1) is 8.47. The SMILES string of the molecule is CCOC(=O)C(C)(CC#N)c1cccc(Br)c1F. The van der Waals surface area contributed by atoms with Crippen LogP contribution in [0.15, 0.2) is 22.7 Å². The molecule has 0 amide bonds. The predicted molar refractivity (Wildman–Crippen MR) is 68.3 cm³/mol. The summed E-state index contributed by atoms with van der Waals surface area (Å²) in [6.07, 6.45) is -0.140. The molecule has 5 heteroatoms. The van der Waals surface area contributed by atoms with Gasteiger partial charge < -0.3 is 4.74 Å². The van der Waals surface area contributed by atoms with Gasteiger partial charge in [0.1, 0.15) is 11.2 Å². The van der Waals surface area contributed by atoms with Gasteiger partial charge >= 0.3 is 5.97 Å². The first kappa shape index (κ1) is 14.7. The van der Waals surface area contributed by atoms with Crippen molar-refractivity contribution >= 4 is 21.9 Å². The number of carbonyl (C=O) groups excluding carboxylic acids is 1. The first-order valence-electron chi connectivity index (χ1n) is 5.46. The number of hydrogen-bond donors (Lipinski definition) is 0. The second kappa shape index (κ2) is 5.96. The molecule has 1 aromatic rings. The molecule has 0 fully saturated rings. The van der Waals surface area contributed by atoms with Crippen molar-refractivity contribution in [1.82, 2.24) is 0 Å². The van der Waals surface area contributed by atoms with Gasteiger partial charge in [0, 0.05) is 5.56 Å². The molecule has 0 aliphatic carbocycles. The molecule has 1 atom stereocenters. The topological polar surface area (TPSA) is 50.1 Å². The Bertz CT molecular complexity index is 498. The average molecular weight is 314 g/mol. The van der Waals surface area contributed by atoms with E-state index >= 15 is 0 Å². The number of ether oxygens (including phenoxy) is 1. The normalized spacial score (nSPS) is 13.5. The number of carbonyl (C=O) groups is 1. The minimum Gasteiger partial charge on any atom is -0.465 e. The lowest BCUT2D eigenvalue weighted by atomic mass is 9.79. The highest BCUT2D eigenvalue weighted by atomic mass is 79.9. The Morgan fingerprint density at radius 2 is 2.28 bits per heavy atom. The average Bonchev–Trinajstić information content (AvgIpc) is 2.33. The molecule has 96 valence electrons. The van der Waals surface area contributed by atoms with Crippen molar-refractivity contribution in [3.63, 3.8) is 0 Å². The zero-order valence-corrected chi connectivity index (χ0v) is 11.8. The van der Waals surface area contributed by atoms with Crippen molar-refractivity contribution in [2.24, 2.45) is 0 Å². The second-order valence-corrected chi connectivity index (χ2v) is 4.84. The van der Waals surface area contributed by atoms with Gasteiger partial charge in [0.15, 0.2) is 0 Å². The van der Waals surface area contributed by atoms with E-state index in [0.29, 0.717) is 0 Å². The third kappa shape index (κ3) is 2.70. The number of nitriles is 1. The Labute approximate surface area is 114 Å². The molecule has 0 aliphatic rings. The number of rotatable bonds is 4. The molecule has 0 spiro atoms. The summed E-state index contributed by atoms with van der Waals surface area (Å²) in [4.78, 5) is 12.0. The second-order valence-electron chi connectivity index (χ2n) is 3.99. The fourth-order valence-corrected chi connectivity index (χ4v) is 2.02. The van der Waals surface area contributed by atoms with Crippen LogP contribution in [0.4, 0.5) is 4.39 Å². The van der Waals surface area contributed by atoms with Gasteiger partial charge in [0.2, 0.25) is 0 Å². The first-order valence-corrected chi connectivity index (χ1v) is 6.25. The van der Waals surface area contributed by atoms with E-state index in [9.17, 15) is 9.18 Å². The molecule has 0 heterocycles. The maximum Gasteiger partial charge on any atom is 0.317 e. The summed E-state index contributed by atoms with van der Waals surface area (Å²) in [6.45, 7) is 3.37. The molecule has 1 unspecified atom stereocenters. The van der Waals surface area contributed by atoms with E-state index in [0.717, 1.165) is 0 Å². The molecule has 0 saturated carbocycles. The molecular weight excluding hydrogens is 301 g/mol. The van der Waals surface area contributed by atoms with Crippen LogP contribution >= 0.6 is 15.9 Å². The van der Waals surface area contributed by atoms with Gasteiger partial charge in [-0.3, -0.25) is 4.79 Å². The van der Waals surface area contributed by atoms with E-state index in [-0.39, 0.29) is 23.1 Å². The van der Waals surface area contributed by atoms with Gasteiger partial charge in [-0.1, -0.05) is 12.1 Å². The van der Waals surface area contributed by atoms with Crippen molar-refractivity contribution in [3.8, 4) is 6.07 Å². The summed E-state index contributed by atoms with van der Waals surface area (Å²) in [6, 6.07) is 6.57. The van der Waals surface area contributed by atoms with Gasteiger partial charge in [-0.15, -0.1) is 0 Å². The fraction of sp³-hybridized carbons (Fsp3) is 0.385. The van der Waals surface area contributed by atoms with Crippen LogP contribution in [-0.2, 0) is 14.9 Å².